The summed E-state index contributed by atoms with van der Waals surface area (Å²) in [5, 5.41) is 23.8. The van der Waals surface area contributed by atoms with Gasteiger partial charge in [-0.05, 0) is 123 Å². The molecule has 10 nitrogen and oxygen atoms in total. The van der Waals surface area contributed by atoms with Crippen molar-refractivity contribution in [3.63, 3.8) is 0 Å². The minimum absolute atomic E-state index is 0.0281. The highest BCUT2D eigenvalue weighted by Crippen LogP contribution is 2.75. The number of amides is 2. The molecule has 0 aromatic heterocycles. The number of carbonyl (C=O) groups is 5. The summed E-state index contributed by atoms with van der Waals surface area (Å²) >= 11 is 0. The molecule has 52 heavy (non-hydrogen) atoms. The first-order chi connectivity index (χ1) is 24.1. The smallest absolute Gasteiger partial charge is 0.325 e. The maximum absolute atomic E-state index is 14.3. The molecule has 9 atom stereocenters. The third kappa shape index (κ3) is 7.05. The second-order valence-electron chi connectivity index (χ2n) is 19.4. The van der Waals surface area contributed by atoms with Crippen molar-refractivity contribution in [2.75, 3.05) is 6.54 Å². The molecule has 5 aliphatic rings. The van der Waals surface area contributed by atoms with Gasteiger partial charge in [-0.15, -0.1) is 0 Å². The Morgan fingerprint density at radius 2 is 1.54 bits per heavy atom. The van der Waals surface area contributed by atoms with Gasteiger partial charge in [0.2, 0.25) is 11.8 Å². The van der Waals surface area contributed by atoms with Crippen molar-refractivity contribution >= 4 is 29.7 Å². The topological polar surface area (TPSA) is 159 Å². The van der Waals surface area contributed by atoms with Crippen LogP contribution in [-0.2, 0) is 28.7 Å². The molecule has 2 amide bonds. The summed E-state index contributed by atoms with van der Waals surface area (Å²) in [7, 11) is 0. The Kier molecular flexibility index (Phi) is 11.1. The van der Waals surface area contributed by atoms with Gasteiger partial charge in [0.1, 0.15) is 12.1 Å². The van der Waals surface area contributed by atoms with Gasteiger partial charge in [-0.3, -0.25) is 24.0 Å². The summed E-state index contributed by atoms with van der Waals surface area (Å²) < 4.78 is 6.11. The van der Waals surface area contributed by atoms with Gasteiger partial charge < -0.3 is 25.6 Å². The molecule has 10 heteroatoms. The van der Waals surface area contributed by atoms with Gasteiger partial charge in [0, 0.05) is 31.2 Å². The quantitative estimate of drug-likeness (QED) is 0.0918. The highest BCUT2D eigenvalue weighted by Gasteiger charge is 2.69. The van der Waals surface area contributed by atoms with Gasteiger partial charge in [-0.2, -0.15) is 0 Å². The normalized spacial score (nSPS) is 37.7. The van der Waals surface area contributed by atoms with E-state index in [0.717, 1.165) is 64.2 Å². The molecular formula is C42H66N2O8. The molecule has 0 aromatic carbocycles. The zero-order valence-corrected chi connectivity index (χ0v) is 33.1. The summed E-state index contributed by atoms with van der Waals surface area (Å²) in [6.07, 6.45) is 13.0. The Hall–Kier alpha value is -2.91. The van der Waals surface area contributed by atoms with Crippen molar-refractivity contribution in [1.82, 2.24) is 10.6 Å². The van der Waals surface area contributed by atoms with E-state index in [0.29, 0.717) is 31.2 Å². The molecular weight excluding hydrogens is 660 g/mol. The maximum atomic E-state index is 14.3. The van der Waals surface area contributed by atoms with Gasteiger partial charge in [0.05, 0.1) is 5.41 Å². The molecule has 0 aliphatic heterocycles. The highest BCUT2D eigenvalue weighted by atomic mass is 16.5. The number of hydrogen-bond acceptors (Lipinski definition) is 6. The SMILES string of the molecule is C[C@H](NC(=O)CCCNC(=O)[C@]12CCC(C)(C)C[C@H]1C1=CC[C@@H]3[C@@]4(C)CC[C@H](OC(=O)CCCC(=O)O)C(C)(C)[C@@H]4CC[C@@]3(C)[C@]1(C)CC2)C(=O)O. The Morgan fingerprint density at radius 3 is 2.21 bits per heavy atom. The van der Waals surface area contributed by atoms with Gasteiger partial charge in [0.25, 0.3) is 0 Å². The minimum Gasteiger partial charge on any atom is -0.481 e. The van der Waals surface area contributed by atoms with E-state index < -0.39 is 23.4 Å². The van der Waals surface area contributed by atoms with Gasteiger partial charge >= 0.3 is 17.9 Å². The van der Waals surface area contributed by atoms with E-state index >= 15 is 0 Å². The van der Waals surface area contributed by atoms with Crippen LogP contribution in [0.5, 0.6) is 0 Å². The number of hydrogen-bond donors (Lipinski definition) is 4. The number of rotatable bonds is 12. The lowest BCUT2D eigenvalue weighted by atomic mass is 9.33. The van der Waals surface area contributed by atoms with Crippen molar-refractivity contribution in [3.05, 3.63) is 11.6 Å². The number of carboxylic acids is 2. The zero-order chi connectivity index (χ0) is 38.5. The summed E-state index contributed by atoms with van der Waals surface area (Å²) in [6, 6.07) is -0.943. The largest absolute Gasteiger partial charge is 0.481 e. The highest BCUT2D eigenvalue weighted by molar-refractivity contribution is 5.85. The lowest BCUT2D eigenvalue weighted by Crippen LogP contribution is -2.65. The summed E-state index contributed by atoms with van der Waals surface area (Å²) in [6.45, 7) is 18.6. The minimum atomic E-state index is -1.07. The molecule has 0 unspecified atom stereocenters. The molecule has 0 heterocycles. The van der Waals surface area contributed by atoms with Crippen LogP contribution in [0.15, 0.2) is 11.6 Å². The average molecular weight is 727 g/mol. The van der Waals surface area contributed by atoms with Crippen molar-refractivity contribution in [3.8, 4) is 0 Å². The van der Waals surface area contributed by atoms with E-state index in [-0.39, 0.29) is 76.1 Å². The number of esters is 1. The number of allylic oxidation sites excluding steroid dienone is 2. The second kappa shape index (κ2) is 14.4. The molecule has 4 fully saturated rings. The monoisotopic (exact) mass is 726 g/mol. The molecule has 292 valence electrons. The number of carbonyl (C=O) groups excluding carboxylic acids is 3. The fourth-order valence-corrected chi connectivity index (χ4v) is 12.4. The van der Waals surface area contributed by atoms with E-state index in [1.54, 1.807) is 0 Å². The zero-order valence-electron chi connectivity index (χ0n) is 33.1. The number of ether oxygens (including phenoxy) is 1. The fourth-order valence-electron chi connectivity index (χ4n) is 12.4. The van der Waals surface area contributed by atoms with Crippen molar-refractivity contribution in [2.24, 2.45) is 50.2 Å². The van der Waals surface area contributed by atoms with Crippen LogP contribution in [0.3, 0.4) is 0 Å². The number of fused-ring (bicyclic) bond motifs is 7. The predicted octanol–water partition coefficient (Wildman–Crippen LogP) is 7.44. The predicted molar refractivity (Wildman–Crippen MR) is 198 cm³/mol. The summed E-state index contributed by atoms with van der Waals surface area (Å²) in [4.78, 5) is 61.5. The van der Waals surface area contributed by atoms with Crippen LogP contribution in [0.25, 0.3) is 0 Å². The third-order valence-corrected chi connectivity index (χ3v) is 15.7. The molecule has 0 bridgehead atoms. The lowest BCUT2D eigenvalue weighted by molar-refractivity contribution is -0.213. The number of carboxylic acid groups (broad SMARTS) is 2. The second-order valence-corrected chi connectivity index (χ2v) is 19.4. The van der Waals surface area contributed by atoms with Crippen LogP contribution in [-0.4, -0.2) is 58.6 Å². The van der Waals surface area contributed by atoms with E-state index in [9.17, 15) is 24.0 Å². The van der Waals surface area contributed by atoms with Crippen LogP contribution < -0.4 is 10.6 Å². The fraction of sp³-hybridized carbons (Fsp3) is 0.833. The van der Waals surface area contributed by atoms with Gasteiger partial charge in [-0.1, -0.05) is 60.1 Å². The van der Waals surface area contributed by atoms with Gasteiger partial charge in [-0.25, -0.2) is 0 Å². The molecule has 4 N–H and O–H groups in total. The third-order valence-electron chi connectivity index (χ3n) is 15.7. The Morgan fingerprint density at radius 1 is 0.846 bits per heavy atom. The van der Waals surface area contributed by atoms with Gasteiger partial charge in [0.15, 0.2) is 0 Å². The van der Waals surface area contributed by atoms with Crippen molar-refractivity contribution < 1.29 is 38.9 Å². The molecule has 0 radical (unpaired) electrons. The standard InChI is InChI=1S/C42H66N2O8/c1-26(35(49)50)44-32(45)11-10-24-43-36(51)42-22-20-37(2,3)25-28(42)27-14-15-30-39(6)18-17-31(52-34(48)13-9-12-33(46)47)38(4,5)29(39)16-19-41(30,8)40(27,7)21-23-42/h14,26,28-31H,9-13,15-25H2,1-8H3,(H,43,51)(H,44,45)(H,46,47)(H,49,50)/t26-,28-,29-,30+,31-,39-,40+,41+,42-/m0/s1. The van der Waals surface area contributed by atoms with Crippen molar-refractivity contribution in [2.45, 2.75) is 164 Å². The van der Waals surface area contributed by atoms with Crippen molar-refractivity contribution in [1.29, 1.82) is 0 Å². The number of nitrogens with one attached hydrogen (secondary N) is 2. The Labute approximate surface area is 311 Å². The molecule has 0 saturated heterocycles. The first-order valence-corrected chi connectivity index (χ1v) is 20.1. The first-order valence-electron chi connectivity index (χ1n) is 20.1. The van der Waals surface area contributed by atoms with E-state index in [2.05, 4.69) is 65.2 Å². The molecule has 4 saturated carbocycles. The molecule has 5 rings (SSSR count). The first kappa shape index (κ1) is 40.3. The Bertz CT molecular complexity index is 1470. The molecule has 0 aromatic rings. The molecule has 0 spiro atoms. The maximum Gasteiger partial charge on any atom is 0.325 e. The van der Waals surface area contributed by atoms with E-state index in [1.807, 2.05) is 0 Å². The van der Waals surface area contributed by atoms with Crippen LogP contribution in [0.2, 0.25) is 0 Å². The average Bonchev–Trinajstić information content (AvgIpc) is 3.04. The van der Waals surface area contributed by atoms with Crippen LogP contribution in [0.1, 0.15) is 152 Å². The van der Waals surface area contributed by atoms with E-state index in [1.165, 1.54) is 12.5 Å². The molecule has 5 aliphatic carbocycles. The van der Waals surface area contributed by atoms with Crippen LogP contribution in [0.4, 0.5) is 0 Å². The Balaban J connectivity index is 1.34. The lowest BCUT2D eigenvalue weighted by Gasteiger charge is -2.71. The van der Waals surface area contributed by atoms with E-state index in [4.69, 9.17) is 14.9 Å². The summed E-state index contributed by atoms with van der Waals surface area (Å²) in [5.74, 6) is -1.46. The summed E-state index contributed by atoms with van der Waals surface area (Å²) in [5.41, 5.74) is 1.03. The van der Waals surface area contributed by atoms with Crippen LogP contribution in [0, 0.1) is 50.2 Å². The number of aliphatic carboxylic acids is 2. The van der Waals surface area contributed by atoms with Crippen LogP contribution >= 0.6 is 0 Å².